The number of nitrogens with zero attached hydrogens (tertiary/aromatic N) is 3. The van der Waals surface area contributed by atoms with Crippen LogP contribution in [0, 0.1) is 6.92 Å². The fourth-order valence-electron chi connectivity index (χ4n) is 3.67. The van der Waals surface area contributed by atoms with Gasteiger partial charge in [-0.25, -0.2) is 4.79 Å². The van der Waals surface area contributed by atoms with Gasteiger partial charge in [-0.2, -0.15) is 0 Å². The number of urea groups is 1. The van der Waals surface area contributed by atoms with Crippen molar-refractivity contribution in [2.24, 2.45) is 0 Å². The lowest BCUT2D eigenvalue weighted by atomic mass is 10.0. The third kappa shape index (κ3) is 5.32. The maximum atomic E-state index is 12.3. The number of nitrogens with one attached hydrogen (secondary N) is 2. The van der Waals surface area contributed by atoms with E-state index in [0.717, 1.165) is 49.4 Å². The number of aryl methyl sites for hydroxylation is 1. The van der Waals surface area contributed by atoms with Gasteiger partial charge in [0.1, 0.15) is 0 Å². The largest absolute Gasteiger partial charge is 0.340 e. The zero-order valence-electron chi connectivity index (χ0n) is 17.3. The summed E-state index contributed by atoms with van der Waals surface area (Å²) in [6.45, 7) is 8.63. The Morgan fingerprint density at radius 1 is 1.24 bits per heavy atom. The van der Waals surface area contributed by atoms with E-state index in [1.807, 2.05) is 42.2 Å². The molecule has 3 amide bonds. The van der Waals surface area contributed by atoms with Crippen LogP contribution < -0.4 is 10.6 Å². The molecule has 2 atom stereocenters. The summed E-state index contributed by atoms with van der Waals surface area (Å²) in [5.41, 5.74) is 3.42. The summed E-state index contributed by atoms with van der Waals surface area (Å²) in [6.07, 6.45) is 3.54. The number of anilines is 2. The first-order chi connectivity index (χ1) is 14.0. The van der Waals surface area contributed by atoms with Gasteiger partial charge in [-0.3, -0.25) is 14.7 Å². The fraction of sp³-hybridized carbons (Fsp3) is 0.409. The molecule has 0 saturated carbocycles. The number of pyridine rings is 1. The second kappa shape index (κ2) is 9.52. The molecule has 1 saturated heterocycles. The van der Waals surface area contributed by atoms with Crippen molar-refractivity contribution in [1.29, 1.82) is 0 Å². The molecule has 154 valence electrons. The van der Waals surface area contributed by atoms with Crippen LogP contribution in [0.2, 0.25) is 0 Å². The summed E-state index contributed by atoms with van der Waals surface area (Å²) >= 11 is 0. The Labute approximate surface area is 172 Å². The zero-order valence-corrected chi connectivity index (χ0v) is 17.3. The van der Waals surface area contributed by atoms with E-state index in [0.29, 0.717) is 5.69 Å². The highest BCUT2D eigenvalue weighted by molar-refractivity contribution is 5.99. The lowest BCUT2D eigenvalue weighted by Crippen LogP contribution is -2.52. The quantitative estimate of drug-likeness (QED) is 0.732. The van der Waals surface area contributed by atoms with Gasteiger partial charge >= 0.3 is 6.03 Å². The van der Waals surface area contributed by atoms with Crippen molar-refractivity contribution in [3.8, 4) is 0 Å². The molecule has 1 aliphatic heterocycles. The Hall–Kier alpha value is -2.93. The van der Waals surface area contributed by atoms with Crippen LogP contribution in [0.4, 0.5) is 16.2 Å². The van der Waals surface area contributed by atoms with Crippen molar-refractivity contribution in [2.45, 2.75) is 39.3 Å². The van der Waals surface area contributed by atoms with Gasteiger partial charge < -0.3 is 15.5 Å². The molecule has 0 aliphatic carbocycles. The van der Waals surface area contributed by atoms with Crippen molar-refractivity contribution in [3.05, 3.63) is 53.9 Å². The van der Waals surface area contributed by atoms with Crippen molar-refractivity contribution >= 4 is 23.8 Å². The topological polar surface area (TPSA) is 77.6 Å². The van der Waals surface area contributed by atoms with Gasteiger partial charge in [-0.1, -0.05) is 19.1 Å². The van der Waals surface area contributed by atoms with Gasteiger partial charge in [0.2, 0.25) is 6.41 Å². The van der Waals surface area contributed by atoms with Crippen LogP contribution in [-0.4, -0.2) is 52.9 Å². The Morgan fingerprint density at radius 2 is 2.03 bits per heavy atom. The van der Waals surface area contributed by atoms with Gasteiger partial charge in [0, 0.05) is 43.1 Å². The molecule has 7 nitrogen and oxygen atoms in total. The number of hydrogen-bond acceptors (Lipinski definition) is 4. The minimum Gasteiger partial charge on any atom is -0.340 e. The number of hydrogen-bond donors (Lipinski definition) is 2. The van der Waals surface area contributed by atoms with Crippen LogP contribution in [0.3, 0.4) is 0 Å². The Bertz CT molecular complexity index is 839. The molecule has 0 bridgehead atoms. The molecule has 1 aromatic heterocycles. The number of carbonyl (C=O) groups is 2. The molecule has 1 aromatic carbocycles. The van der Waals surface area contributed by atoms with Gasteiger partial charge in [-0.15, -0.1) is 0 Å². The molecule has 1 aliphatic rings. The fourth-order valence-corrected chi connectivity index (χ4v) is 3.67. The van der Waals surface area contributed by atoms with Gasteiger partial charge in [-0.05, 0) is 50.1 Å². The number of benzene rings is 1. The lowest BCUT2D eigenvalue weighted by Gasteiger charge is -2.42. The van der Waals surface area contributed by atoms with E-state index < -0.39 is 0 Å². The van der Waals surface area contributed by atoms with E-state index in [1.54, 1.807) is 6.20 Å². The summed E-state index contributed by atoms with van der Waals surface area (Å²) in [6, 6.07) is 11.7. The first-order valence-electron chi connectivity index (χ1n) is 10.1. The maximum absolute atomic E-state index is 12.3. The smallest absolute Gasteiger partial charge is 0.323 e. The lowest BCUT2D eigenvalue weighted by molar-refractivity contribution is -0.123. The minimum atomic E-state index is -0.300. The molecule has 2 aromatic rings. The highest BCUT2D eigenvalue weighted by atomic mass is 16.2. The predicted molar refractivity (Wildman–Crippen MR) is 115 cm³/mol. The molecule has 7 heteroatoms. The molecule has 2 heterocycles. The molecule has 2 N–H and O–H groups in total. The van der Waals surface area contributed by atoms with Crippen LogP contribution in [-0.2, 0) is 4.79 Å². The summed E-state index contributed by atoms with van der Waals surface area (Å²) in [4.78, 5) is 32.0. The first kappa shape index (κ1) is 20.8. The minimum absolute atomic E-state index is 0.198. The number of piperazine rings is 1. The summed E-state index contributed by atoms with van der Waals surface area (Å²) in [7, 11) is 0. The maximum Gasteiger partial charge on any atom is 0.323 e. The average Bonchev–Trinajstić information content (AvgIpc) is 2.74. The van der Waals surface area contributed by atoms with E-state index in [1.165, 1.54) is 0 Å². The second-order valence-electron chi connectivity index (χ2n) is 7.47. The molecule has 0 radical (unpaired) electrons. The monoisotopic (exact) mass is 395 g/mol. The summed E-state index contributed by atoms with van der Waals surface area (Å²) in [5.74, 6) is 0. The van der Waals surface area contributed by atoms with Gasteiger partial charge in [0.15, 0.2) is 0 Å². The highest BCUT2D eigenvalue weighted by Crippen LogP contribution is 2.26. The summed E-state index contributed by atoms with van der Waals surface area (Å²) in [5, 5.41) is 5.68. The highest BCUT2D eigenvalue weighted by Gasteiger charge is 2.28. The molecule has 3 rings (SSSR count). The number of carbonyl (C=O) groups excluding carboxylic acids is 2. The van der Waals surface area contributed by atoms with E-state index >= 15 is 0 Å². The number of amides is 3. The van der Waals surface area contributed by atoms with Crippen LogP contribution >= 0.6 is 0 Å². The molecular formula is C22H29N5O2. The van der Waals surface area contributed by atoms with Gasteiger partial charge in [0.25, 0.3) is 0 Å². The number of rotatable bonds is 6. The Balaban J connectivity index is 1.63. The van der Waals surface area contributed by atoms with E-state index in [4.69, 9.17) is 0 Å². The third-order valence-electron chi connectivity index (χ3n) is 5.51. The predicted octanol–water partition coefficient (Wildman–Crippen LogP) is 3.65. The van der Waals surface area contributed by atoms with Crippen LogP contribution in [0.15, 0.2) is 42.6 Å². The Kier molecular flexibility index (Phi) is 6.82. The SMILES string of the molecule is CCC1CN([C@@H](C)c2cccc(NC(=O)Nc3ccc(C)nc3)c2)CCN1C=O. The summed E-state index contributed by atoms with van der Waals surface area (Å²) < 4.78 is 0. The van der Waals surface area contributed by atoms with Crippen molar-refractivity contribution in [2.75, 3.05) is 30.3 Å². The van der Waals surface area contributed by atoms with Crippen LogP contribution in [0.25, 0.3) is 0 Å². The molecular weight excluding hydrogens is 366 g/mol. The molecule has 0 spiro atoms. The third-order valence-corrected chi connectivity index (χ3v) is 5.51. The van der Waals surface area contributed by atoms with Gasteiger partial charge in [0.05, 0.1) is 11.9 Å². The number of aromatic nitrogens is 1. The molecule has 1 unspecified atom stereocenters. The standard InChI is InChI=1S/C22H29N5O2/c1-4-21-14-26(10-11-27(21)15-28)17(3)18-6-5-7-19(12-18)24-22(29)25-20-9-8-16(2)23-13-20/h5-9,12-13,15,17,21H,4,10-11,14H2,1-3H3,(H2,24,25,29)/t17-,21?/m0/s1. The Morgan fingerprint density at radius 3 is 2.72 bits per heavy atom. The van der Waals surface area contributed by atoms with E-state index in [2.05, 4.69) is 40.4 Å². The first-order valence-corrected chi connectivity index (χ1v) is 10.1. The normalized spacial score (nSPS) is 18.2. The second-order valence-corrected chi connectivity index (χ2v) is 7.47. The van der Waals surface area contributed by atoms with E-state index in [-0.39, 0.29) is 18.1 Å². The van der Waals surface area contributed by atoms with Crippen molar-refractivity contribution in [3.63, 3.8) is 0 Å². The molecule has 1 fully saturated rings. The van der Waals surface area contributed by atoms with Crippen LogP contribution in [0.1, 0.15) is 37.6 Å². The van der Waals surface area contributed by atoms with Crippen molar-refractivity contribution in [1.82, 2.24) is 14.8 Å². The average molecular weight is 396 g/mol. The van der Waals surface area contributed by atoms with E-state index in [9.17, 15) is 9.59 Å². The molecule has 29 heavy (non-hydrogen) atoms. The zero-order chi connectivity index (χ0) is 20.8. The van der Waals surface area contributed by atoms with Crippen LogP contribution in [0.5, 0.6) is 0 Å². The van der Waals surface area contributed by atoms with Crippen molar-refractivity contribution < 1.29 is 9.59 Å².